The lowest BCUT2D eigenvalue weighted by Gasteiger charge is -2.41. The Labute approximate surface area is 417 Å². The molecule has 0 spiro atoms. The fraction of sp³-hybridized carbons (Fsp3) is 0.549. The maximum Gasteiger partial charge on any atom is 0.426 e. The molecule has 1 aromatic heterocycles. The third kappa shape index (κ3) is 15.9. The Morgan fingerprint density at radius 2 is 1.24 bits per heavy atom. The highest BCUT2D eigenvalue weighted by Crippen LogP contribution is 2.36. The predicted octanol–water partition coefficient (Wildman–Crippen LogP) is 7.71. The minimum Gasteiger partial charge on any atom is -0.458 e. The molecule has 4 rings (SSSR count). The fourth-order valence-electron chi connectivity index (χ4n) is 7.58. The summed E-state index contributed by atoms with van der Waals surface area (Å²) < 4.78 is 65.2. The highest BCUT2D eigenvalue weighted by molar-refractivity contribution is 7.89. The number of carbonyl (C=O) groups is 6. The van der Waals surface area contributed by atoms with Gasteiger partial charge in [0.1, 0.15) is 41.4 Å². The van der Waals surface area contributed by atoms with E-state index in [-0.39, 0.29) is 47.4 Å². The molecule has 2 unspecified atom stereocenters. The van der Waals surface area contributed by atoms with Crippen LogP contribution in [0.4, 0.5) is 20.2 Å². The van der Waals surface area contributed by atoms with Crippen molar-refractivity contribution in [1.82, 2.24) is 19.5 Å². The van der Waals surface area contributed by atoms with Crippen LogP contribution in [-0.4, -0.2) is 125 Å². The second-order valence-corrected chi connectivity index (χ2v) is 23.1. The van der Waals surface area contributed by atoms with E-state index in [0.29, 0.717) is 5.56 Å². The van der Waals surface area contributed by atoms with Crippen LogP contribution in [0.1, 0.15) is 112 Å². The summed E-state index contributed by atoms with van der Waals surface area (Å²) in [6, 6.07) is 16.3. The van der Waals surface area contributed by atoms with Crippen LogP contribution >= 0.6 is 0 Å². The summed E-state index contributed by atoms with van der Waals surface area (Å²) in [5.41, 5.74) is -6.57. The molecule has 20 heteroatoms. The summed E-state index contributed by atoms with van der Waals surface area (Å²) in [7, 11) is -5.29. The second kappa shape index (κ2) is 22.4. The van der Waals surface area contributed by atoms with Gasteiger partial charge in [0, 0.05) is 6.20 Å². The number of nitrogens with zero attached hydrogens (tertiary/aromatic N) is 4. The van der Waals surface area contributed by atoms with E-state index in [9.17, 15) is 28.8 Å². The molecule has 19 nitrogen and oxygen atoms in total. The van der Waals surface area contributed by atoms with E-state index < -0.39 is 104 Å². The first-order chi connectivity index (χ1) is 32.6. The molecule has 0 aliphatic carbocycles. The Morgan fingerprint density at radius 3 is 1.75 bits per heavy atom. The summed E-state index contributed by atoms with van der Waals surface area (Å²) in [6.45, 7) is 20.8. The molecule has 0 radical (unpaired) electrons. The van der Waals surface area contributed by atoms with E-state index in [4.69, 9.17) is 28.4 Å². The summed E-state index contributed by atoms with van der Waals surface area (Å²) in [5.74, 6) is -3.83. The van der Waals surface area contributed by atoms with Gasteiger partial charge in [0.25, 0.3) is 15.6 Å². The average molecular weight is 1010 g/mol. The van der Waals surface area contributed by atoms with Crippen LogP contribution in [0.25, 0.3) is 0 Å². The first-order valence-corrected chi connectivity index (χ1v) is 24.7. The molecule has 390 valence electrons. The number of esters is 2. The highest BCUT2D eigenvalue weighted by Gasteiger charge is 2.64. The lowest BCUT2D eigenvalue weighted by molar-refractivity contribution is -0.183. The normalized spacial score (nSPS) is 15.6. The second-order valence-electron chi connectivity index (χ2n) is 21.4. The molecule has 2 atom stereocenters. The quantitative estimate of drug-likeness (QED) is 0.0874. The number of amides is 4. The molecule has 1 fully saturated rings. The van der Waals surface area contributed by atoms with Crippen molar-refractivity contribution in [2.45, 2.75) is 162 Å². The molecule has 0 saturated carbocycles. The third-order valence-electron chi connectivity index (χ3n) is 10.2. The van der Waals surface area contributed by atoms with Crippen molar-refractivity contribution in [3.05, 3.63) is 89.1 Å². The molecule has 3 aromatic rings. The van der Waals surface area contributed by atoms with Gasteiger partial charge in [-0.25, -0.2) is 37.4 Å². The van der Waals surface area contributed by atoms with Crippen molar-refractivity contribution in [3.63, 3.8) is 0 Å². The van der Waals surface area contributed by atoms with Crippen LogP contribution in [0, 0.1) is 20.8 Å². The minimum absolute atomic E-state index is 0.0116. The van der Waals surface area contributed by atoms with Crippen LogP contribution < -0.4 is 10.2 Å². The maximum absolute atomic E-state index is 15.3. The van der Waals surface area contributed by atoms with Crippen LogP contribution in [0.2, 0.25) is 0 Å². The molecular formula is C51H71N5O14S. The smallest absolute Gasteiger partial charge is 0.426 e. The standard InChI is InChI=1S/C51H71N5O14S/c1-33-25-34(2)41(35(3)26-33)71(63,64)56(46(62)70-50(13,14)15)51(42(58)67-47(4,5)6,43(59)68-48(7,8)9)32-53-40(57)31-65-38-27-37(54(29-38)44(60)66-30-36-21-17-16-18-22-36)28-55(39-23-19-20-24-52-39)45(61)69-49(10,11)12/h16-26,37-38H,27-32H2,1-15H3,(H,53,57). The van der Waals surface area contributed by atoms with E-state index in [1.165, 1.54) is 92.2 Å². The van der Waals surface area contributed by atoms with Crippen molar-refractivity contribution in [1.29, 1.82) is 0 Å². The van der Waals surface area contributed by atoms with Gasteiger partial charge in [0.05, 0.1) is 36.7 Å². The summed E-state index contributed by atoms with van der Waals surface area (Å²) >= 11 is 0. The number of hydrogen-bond acceptors (Lipinski definition) is 15. The number of anilines is 1. The number of likely N-dealkylation sites (tertiary alicyclic amines) is 1. The van der Waals surface area contributed by atoms with Crippen LogP contribution in [0.15, 0.2) is 71.8 Å². The molecule has 4 amide bonds. The average Bonchev–Trinajstić information content (AvgIpc) is 3.62. The van der Waals surface area contributed by atoms with Crippen molar-refractivity contribution >= 4 is 52.0 Å². The largest absolute Gasteiger partial charge is 0.458 e. The summed E-state index contributed by atoms with van der Waals surface area (Å²) in [6.07, 6.45) is -2.40. The SMILES string of the molecule is Cc1cc(C)c(S(=O)(=O)N(C(=O)OC(C)(C)C)C(CNC(=O)COC2CC(CN(C(=O)OC(C)(C)C)c3ccccn3)N(C(=O)OCc3ccccc3)C2)(C(=O)OC(C)(C)C)C(=O)OC(C)(C)C)c(C)c1. The number of hydrogen-bond donors (Lipinski definition) is 1. The number of pyridine rings is 1. The zero-order valence-electron chi connectivity index (χ0n) is 43.7. The Kier molecular flexibility index (Phi) is 18.1. The van der Waals surface area contributed by atoms with Gasteiger partial charge in [-0.1, -0.05) is 54.1 Å². The maximum atomic E-state index is 15.3. The third-order valence-corrected chi connectivity index (χ3v) is 12.3. The summed E-state index contributed by atoms with van der Waals surface area (Å²) in [5, 5.41) is 2.45. The number of sulfonamides is 1. The van der Waals surface area contributed by atoms with Gasteiger partial charge in [-0.05, 0) is 139 Å². The van der Waals surface area contributed by atoms with Gasteiger partial charge in [0.2, 0.25) is 5.91 Å². The number of benzene rings is 2. The zero-order valence-corrected chi connectivity index (χ0v) is 44.5. The Balaban J connectivity index is 1.76. The molecule has 1 saturated heterocycles. The molecule has 71 heavy (non-hydrogen) atoms. The van der Waals surface area contributed by atoms with Crippen molar-refractivity contribution in [3.8, 4) is 0 Å². The number of aryl methyl sites for hydroxylation is 3. The molecule has 1 aliphatic rings. The van der Waals surface area contributed by atoms with Crippen molar-refractivity contribution in [2.24, 2.45) is 0 Å². The first-order valence-electron chi connectivity index (χ1n) is 23.2. The molecule has 1 aliphatic heterocycles. The predicted molar refractivity (Wildman–Crippen MR) is 263 cm³/mol. The number of nitrogens with one attached hydrogen (secondary N) is 1. The van der Waals surface area contributed by atoms with E-state index in [2.05, 4.69) is 10.3 Å². The lowest BCUT2D eigenvalue weighted by atomic mass is 9.98. The van der Waals surface area contributed by atoms with Crippen molar-refractivity contribution in [2.75, 3.05) is 31.1 Å². The van der Waals surface area contributed by atoms with Gasteiger partial charge in [0.15, 0.2) is 0 Å². The Hall–Kier alpha value is -6.28. The topological polar surface area (TPSA) is 227 Å². The van der Waals surface area contributed by atoms with Crippen LogP contribution in [0.5, 0.6) is 0 Å². The zero-order chi connectivity index (χ0) is 53.5. The molecule has 0 bridgehead atoms. The van der Waals surface area contributed by atoms with Gasteiger partial charge in [-0.2, -0.15) is 4.31 Å². The molecule has 2 heterocycles. The lowest BCUT2D eigenvalue weighted by Crippen LogP contribution is -2.71. The highest BCUT2D eigenvalue weighted by atomic mass is 32.2. The molecular weight excluding hydrogens is 939 g/mol. The number of rotatable bonds is 15. The van der Waals surface area contributed by atoms with Gasteiger partial charge in [-0.3, -0.25) is 9.69 Å². The minimum atomic E-state index is -5.29. The van der Waals surface area contributed by atoms with Gasteiger partial charge >= 0.3 is 30.2 Å². The monoisotopic (exact) mass is 1010 g/mol. The van der Waals surface area contributed by atoms with E-state index in [1.807, 2.05) is 6.07 Å². The Morgan fingerprint density at radius 1 is 0.718 bits per heavy atom. The molecule has 1 N–H and O–H groups in total. The molecule has 2 aromatic carbocycles. The van der Waals surface area contributed by atoms with Crippen molar-refractivity contribution < 1.29 is 65.6 Å². The number of ether oxygens (including phenoxy) is 6. The van der Waals surface area contributed by atoms with Crippen LogP contribution in [-0.2, 0) is 59.4 Å². The summed E-state index contributed by atoms with van der Waals surface area (Å²) in [4.78, 5) is 92.6. The fourth-order valence-corrected chi connectivity index (χ4v) is 9.56. The first kappa shape index (κ1) is 57.3. The van der Waals surface area contributed by atoms with E-state index in [1.54, 1.807) is 82.3 Å². The van der Waals surface area contributed by atoms with Crippen LogP contribution in [0.3, 0.4) is 0 Å². The number of carbonyl (C=O) groups excluding carboxylic acids is 6. The van der Waals surface area contributed by atoms with Gasteiger partial charge in [-0.15, -0.1) is 0 Å². The number of aromatic nitrogens is 1. The van der Waals surface area contributed by atoms with E-state index in [0.717, 1.165) is 5.56 Å². The van der Waals surface area contributed by atoms with Gasteiger partial charge < -0.3 is 38.6 Å². The Bertz CT molecular complexity index is 2460. The van der Waals surface area contributed by atoms with E-state index >= 15 is 8.42 Å².